The van der Waals surface area contributed by atoms with E-state index in [1.807, 2.05) is 11.4 Å². The van der Waals surface area contributed by atoms with Crippen molar-refractivity contribution in [3.05, 3.63) is 93.4 Å². The summed E-state index contributed by atoms with van der Waals surface area (Å²) in [7, 11) is 0. The van der Waals surface area contributed by atoms with Crippen LogP contribution >= 0.6 is 11.3 Å². The quantitative estimate of drug-likeness (QED) is 0.615. The summed E-state index contributed by atoms with van der Waals surface area (Å²) in [5, 5.41) is 6.89. The second-order valence-corrected chi connectivity index (χ2v) is 7.38. The smallest absolute Gasteiger partial charge is 0.275 e. The third-order valence-electron chi connectivity index (χ3n) is 4.57. The number of hydrogen-bond donors (Lipinski definition) is 2. The van der Waals surface area contributed by atoms with Gasteiger partial charge in [-0.25, -0.2) is 4.39 Å². The highest BCUT2D eigenvalue weighted by molar-refractivity contribution is 7.10. The van der Waals surface area contributed by atoms with E-state index in [9.17, 15) is 9.18 Å². The van der Waals surface area contributed by atoms with Gasteiger partial charge < -0.3 is 10.6 Å². The van der Waals surface area contributed by atoms with Gasteiger partial charge in [0.1, 0.15) is 11.9 Å². The van der Waals surface area contributed by atoms with Crippen LogP contribution in [0.2, 0.25) is 0 Å². The second-order valence-electron chi connectivity index (χ2n) is 6.40. The van der Waals surface area contributed by atoms with Crippen LogP contribution < -0.4 is 10.6 Å². The van der Waals surface area contributed by atoms with Gasteiger partial charge in [-0.2, -0.15) is 0 Å². The van der Waals surface area contributed by atoms with Crippen molar-refractivity contribution in [2.24, 2.45) is 0 Å². The lowest BCUT2D eigenvalue weighted by molar-refractivity contribution is -0.676. The highest BCUT2D eigenvalue weighted by Crippen LogP contribution is 2.23. The molecule has 3 nitrogen and oxygen atoms in total. The molecule has 5 heteroatoms. The molecule has 0 spiro atoms. The van der Waals surface area contributed by atoms with Crippen molar-refractivity contribution in [2.45, 2.75) is 25.9 Å². The first-order valence-electron chi connectivity index (χ1n) is 9.13. The number of benzene rings is 2. The van der Waals surface area contributed by atoms with Crippen molar-refractivity contribution in [1.29, 1.82) is 0 Å². The molecule has 3 N–H and O–H groups in total. The highest BCUT2D eigenvalue weighted by atomic mass is 32.1. The van der Waals surface area contributed by atoms with Gasteiger partial charge in [-0.05, 0) is 29.5 Å². The van der Waals surface area contributed by atoms with E-state index in [4.69, 9.17) is 0 Å². The summed E-state index contributed by atoms with van der Waals surface area (Å²) in [6.45, 7) is 2.62. The van der Waals surface area contributed by atoms with Crippen molar-refractivity contribution < 1.29 is 14.5 Å². The highest BCUT2D eigenvalue weighted by Gasteiger charge is 2.20. The third-order valence-corrected chi connectivity index (χ3v) is 5.52. The number of nitrogens with two attached hydrogens (primary N) is 1. The van der Waals surface area contributed by atoms with E-state index in [-0.39, 0.29) is 30.9 Å². The summed E-state index contributed by atoms with van der Waals surface area (Å²) < 4.78 is 13.7. The number of quaternary nitrogens is 1. The number of rotatable bonds is 8. The zero-order valence-electron chi connectivity index (χ0n) is 15.3. The van der Waals surface area contributed by atoms with E-state index in [0.717, 1.165) is 6.42 Å². The van der Waals surface area contributed by atoms with Crippen LogP contribution in [0, 0.1) is 5.82 Å². The van der Waals surface area contributed by atoms with E-state index < -0.39 is 0 Å². The summed E-state index contributed by atoms with van der Waals surface area (Å²) in [6, 6.07) is 19.3. The van der Waals surface area contributed by atoms with Crippen molar-refractivity contribution in [2.75, 3.05) is 6.54 Å². The minimum atomic E-state index is -0.297. The maximum Gasteiger partial charge on any atom is 0.275 e. The summed E-state index contributed by atoms with van der Waals surface area (Å²) in [4.78, 5) is 13.5. The Bertz CT molecular complexity index is 862. The fourth-order valence-electron chi connectivity index (χ4n) is 2.98. The lowest BCUT2D eigenvalue weighted by atomic mass is 10.0. The van der Waals surface area contributed by atoms with Gasteiger partial charge >= 0.3 is 0 Å². The van der Waals surface area contributed by atoms with Crippen LogP contribution in [0.25, 0.3) is 0 Å². The van der Waals surface area contributed by atoms with Gasteiger partial charge in [0.2, 0.25) is 0 Å². The molecule has 27 heavy (non-hydrogen) atoms. The van der Waals surface area contributed by atoms with Crippen LogP contribution in [-0.4, -0.2) is 12.5 Å². The molecule has 140 valence electrons. The number of carbonyl (C=O) groups is 1. The molecule has 0 radical (unpaired) electrons. The second kappa shape index (κ2) is 9.44. The van der Waals surface area contributed by atoms with Crippen LogP contribution in [0.5, 0.6) is 0 Å². The number of nitrogens with one attached hydrogen (secondary N) is 1. The fraction of sp³-hybridized carbons (Fsp3) is 0.227. The number of hydrogen-bond acceptors (Lipinski definition) is 2. The first-order valence-corrected chi connectivity index (χ1v) is 10.0. The minimum absolute atomic E-state index is 0.0788. The Labute approximate surface area is 163 Å². The lowest BCUT2D eigenvalue weighted by Crippen LogP contribution is -2.87. The van der Waals surface area contributed by atoms with Gasteiger partial charge in [0.25, 0.3) is 5.91 Å². The maximum absolute atomic E-state index is 13.7. The number of aryl methyl sites for hydroxylation is 1. The van der Waals surface area contributed by atoms with Gasteiger partial charge in [-0.1, -0.05) is 55.5 Å². The van der Waals surface area contributed by atoms with Crippen LogP contribution in [0.4, 0.5) is 4.39 Å². The predicted octanol–water partition coefficient (Wildman–Crippen LogP) is 3.42. The Kier molecular flexibility index (Phi) is 6.74. The van der Waals surface area contributed by atoms with Crippen LogP contribution in [0.15, 0.2) is 66.0 Å². The zero-order chi connectivity index (χ0) is 19.1. The molecule has 0 aliphatic carbocycles. The molecule has 1 aromatic heterocycles. The van der Waals surface area contributed by atoms with Crippen molar-refractivity contribution in [1.82, 2.24) is 5.32 Å². The molecule has 0 saturated heterocycles. The normalized spacial score (nSPS) is 11.9. The minimum Gasteiger partial charge on any atom is -0.347 e. The van der Waals surface area contributed by atoms with Crippen molar-refractivity contribution >= 4 is 17.2 Å². The van der Waals surface area contributed by atoms with Crippen molar-refractivity contribution in [3.8, 4) is 0 Å². The number of halogens is 1. The molecule has 3 rings (SSSR count). The van der Waals surface area contributed by atoms with E-state index >= 15 is 0 Å². The Morgan fingerprint density at radius 3 is 2.56 bits per heavy atom. The summed E-state index contributed by atoms with van der Waals surface area (Å²) in [6.07, 6.45) is 1.01. The molecule has 3 aromatic rings. The average molecular weight is 384 g/mol. The van der Waals surface area contributed by atoms with Crippen LogP contribution in [-0.2, 0) is 17.8 Å². The molecule has 1 heterocycles. The van der Waals surface area contributed by atoms with Gasteiger partial charge in [-0.3, -0.25) is 4.79 Å². The maximum atomic E-state index is 13.7. The topological polar surface area (TPSA) is 45.7 Å². The first-order chi connectivity index (χ1) is 13.2. The molecule has 2 aromatic carbocycles. The van der Waals surface area contributed by atoms with Gasteiger partial charge in [0.05, 0.1) is 4.88 Å². The monoisotopic (exact) mass is 383 g/mol. The van der Waals surface area contributed by atoms with Crippen LogP contribution in [0.1, 0.15) is 34.5 Å². The van der Waals surface area contributed by atoms with Crippen LogP contribution in [0.3, 0.4) is 0 Å². The largest absolute Gasteiger partial charge is 0.347 e. The van der Waals surface area contributed by atoms with Gasteiger partial charge in [0, 0.05) is 17.7 Å². The molecular formula is C22H24FN2OS+. The Morgan fingerprint density at radius 1 is 1.11 bits per heavy atom. The SMILES string of the molecule is CCc1ccc([C@H]([NH2+]CC(=O)NCc2ccccc2F)c2cccs2)cc1. The lowest BCUT2D eigenvalue weighted by Gasteiger charge is -2.15. The Hall–Kier alpha value is -2.50. The van der Waals surface area contributed by atoms with E-state index in [0.29, 0.717) is 5.56 Å². The summed E-state index contributed by atoms with van der Waals surface area (Å²) in [5.74, 6) is -0.403. The third kappa shape index (κ3) is 5.25. The number of thiophene rings is 1. The Balaban J connectivity index is 1.62. The molecule has 0 bridgehead atoms. The van der Waals surface area contributed by atoms with Crippen molar-refractivity contribution in [3.63, 3.8) is 0 Å². The average Bonchev–Trinajstić information content (AvgIpc) is 3.22. The first kappa shape index (κ1) is 19.3. The predicted molar refractivity (Wildman–Crippen MR) is 107 cm³/mol. The molecule has 0 saturated carbocycles. The fourth-order valence-corrected chi connectivity index (χ4v) is 3.83. The molecule has 0 aliphatic rings. The molecule has 0 fully saturated rings. The number of amides is 1. The van der Waals surface area contributed by atoms with Gasteiger partial charge in [-0.15, -0.1) is 11.3 Å². The van der Waals surface area contributed by atoms with E-state index in [2.05, 4.69) is 48.0 Å². The molecule has 1 atom stereocenters. The molecule has 0 unspecified atom stereocenters. The number of carbonyl (C=O) groups excluding carboxylic acids is 1. The van der Waals surface area contributed by atoms with Gasteiger partial charge in [0.15, 0.2) is 6.54 Å². The zero-order valence-corrected chi connectivity index (χ0v) is 16.1. The Morgan fingerprint density at radius 2 is 1.89 bits per heavy atom. The molecular weight excluding hydrogens is 359 g/mol. The van der Waals surface area contributed by atoms with E-state index in [1.54, 1.807) is 29.5 Å². The van der Waals surface area contributed by atoms with E-state index in [1.165, 1.54) is 22.1 Å². The summed E-state index contributed by atoms with van der Waals surface area (Å²) >= 11 is 1.69. The standard InChI is InChI=1S/C22H23FN2OS/c1-2-16-9-11-17(12-10-16)22(20-8-5-13-27-20)25-15-21(26)24-14-18-6-3-4-7-19(18)23/h3-13,22,25H,2,14-15H2,1H3,(H,24,26)/p+1/t22-/m0/s1. The summed E-state index contributed by atoms with van der Waals surface area (Å²) in [5.41, 5.74) is 2.97. The molecule has 1 amide bonds. The molecule has 0 aliphatic heterocycles.